The topological polar surface area (TPSA) is 60.5 Å². The number of carbonyl (C=O) groups excluding carboxylic acids is 1. The number of aryl methyl sites for hydroxylation is 1. The van der Waals surface area contributed by atoms with Crippen molar-refractivity contribution in [1.82, 2.24) is 10.3 Å². The zero-order chi connectivity index (χ0) is 21.5. The summed E-state index contributed by atoms with van der Waals surface area (Å²) in [7, 11) is 3.20. The normalized spacial score (nSPS) is 11.7. The van der Waals surface area contributed by atoms with Crippen molar-refractivity contribution in [2.75, 3.05) is 14.2 Å². The second-order valence-corrected chi connectivity index (χ2v) is 9.17. The van der Waals surface area contributed by atoms with E-state index in [4.69, 9.17) is 14.5 Å². The van der Waals surface area contributed by atoms with Gasteiger partial charge < -0.3 is 14.8 Å². The summed E-state index contributed by atoms with van der Waals surface area (Å²) >= 11 is 3.32. The van der Waals surface area contributed by atoms with Crippen molar-refractivity contribution in [3.8, 4) is 22.1 Å². The van der Waals surface area contributed by atoms with Gasteiger partial charge in [0.15, 0.2) is 11.5 Å². The highest BCUT2D eigenvalue weighted by Crippen LogP contribution is 2.31. The number of hydrogen-bond acceptors (Lipinski definition) is 6. The van der Waals surface area contributed by atoms with Crippen molar-refractivity contribution in [1.29, 1.82) is 0 Å². The molecule has 0 saturated carbocycles. The van der Waals surface area contributed by atoms with E-state index in [1.807, 2.05) is 50.2 Å². The average molecular weight is 443 g/mol. The summed E-state index contributed by atoms with van der Waals surface area (Å²) in [5, 5.41) is 3.86. The molecule has 0 fully saturated rings. The predicted molar refractivity (Wildman–Crippen MR) is 124 cm³/mol. The second kappa shape index (κ2) is 10.5. The number of rotatable bonds is 9. The summed E-state index contributed by atoms with van der Waals surface area (Å²) in [5.41, 5.74) is 3.12. The van der Waals surface area contributed by atoms with E-state index in [-0.39, 0.29) is 11.2 Å². The molecule has 3 rings (SSSR count). The molecule has 1 unspecified atom stereocenters. The number of benzene rings is 2. The maximum absolute atomic E-state index is 12.5. The van der Waals surface area contributed by atoms with Gasteiger partial charge in [-0.05, 0) is 31.5 Å². The lowest BCUT2D eigenvalue weighted by Crippen LogP contribution is -2.30. The number of ether oxygens (including phenoxy) is 2. The minimum atomic E-state index is -0.160. The van der Waals surface area contributed by atoms with Gasteiger partial charge in [0.1, 0.15) is 5.01 Å². The fourth-order valence-electron chi connectivity index (χ4n) is 2.87. The van der Waals surface area contributed by atoms with Crippen LogP contribution in [0.15, 0.2) is 48.5 Å². The fraction of sp³-hybridized carbons (Fsp3) is 0.304. The van der Waals surface area contributed by atoms with Crippen LogP contribution in [0.2, 0.25) is 0 Å². The third kappa shape index (κ3) is 5.55. The molecular formula is C23H26N2O3S2. The molecule has 1 amide bonds. The highest BCUT2D eigenvalue weighted by molar-refractivity contribution is 7.99. The van der Waals surface area contributed by atoms with Crippen molar-refractivity contribution >= 4 is 29.0 Å². The molecule has 158 valence electrons. The van der Waals surface area contributed by atoms with Gasteiger partial charge in [-0.25, -0.2) is 4.98 Å². The van der Waals surface area contributed by atoms with E-state index >= 15 is 0 Å². The summed E-state index contributed by atoms with van der Waals surface area (Å²) in [6, 6.07) is 15.8. The van der Waals surface area contributed by atoms with Crippen LogP contribution in [0.4, 0.5) is 0 Å². The Labute approximate surface area is 185 Å². The summed E-state index contributed by atoms with van der Waals surface area (Å²) in [6.07, 6.45) is 0. The van der Waals surface area contributed by atoms with Gasteiger partial charge in [-0.15, -0.1) is 23.1 Å². The molecule has 0 bridgehead atoms. The molecule has 0 spiro atoms. The molecule has 3 aromatic rings. The van der Waals surface area contributed by atoms with Gasteiger partial charge in [-0.1, -0.05) is 36.4 Å². The number of thiazole rings is 1. The third-order valence-electron chi connectivity index (χ3n) is 4.66. The minimum Gasteiger partial charge on any atom is -0.493 e. The van der Waals surface area contributed by atoms with Crippen LogP contribution in [0.3, 0.4) is 0 Å². The molecule has 0 radical (unpaired) electrons. The molecular weight excluding hydrogens is 416 g/mol. The van der Waals surface area contributed by atoms with E-state index < -0.39 is 0 Å². The maximum Gasteiger partial charge on any atom is 0.233 e. The largest absolute Gasteiger partial charge is 0.493 e. The quantitative estimate of drug-likeness (QED) is 0.501. The third-order valence-corrected chi connectivity index (χ3v) is 7.22. The van der Waals surface area contributed by atoms with Gasteiger partial charge in [-0.3, -0.25) is 4.79 Å². The van der Waals surface area contributed by atoms with Crippen LogP contribution in [0.1, 0.15) is 23.1 Å². The number of aromatic nitrogens is 1. The van der Waals surface area contributed by atoms with Crippen LogP contribution in [0.5, 0.6) is 11.5 Å². The Kier molecular flexibility index (Phi) is 7.76. The van der Waals surface area contributed by atoms with Crippen molar-refractivity contribution in [2.45, 2.75) is 31.4 Å². The van der Waals surface area contributed by atoms with E-state index in [1.165, 1.54) is 4.88 Å². The van der Waals surface area contributed by atoms with E-state index in [0.717, 1.165) is 27.6 Å². The average Bonchev–Trinajstić information content (AvgIpc) is 3.16. The molecule has 2 aromatic carbocycles. The van der Waals surface area contributed by atoms with E-state index in [1.54, 1.807) is 37.3 Å². The first-order valence-electron chi connectivity index (χ1n) is 9.63. The first-order valence-corrected chi connectivity index (χ1v) is 11.5. The summed E-state index contributed by atoms with van der Waals surface area (Å²) in [4.78, 5) is 18.4. The number of amides is 1. The van der Waals surface area contributed by atoms with Crippen molar-refractivity contribution in [2.24, 2.45) is 0 Å². The van der Waals surface area contributed by atoms with E-state index in [2.05, 4.69) is 17.4 Å². The molecule has 1 atom stereocenters. The van der Waals surface area contributed by atoms with Crippen LogP contribution in [0.25, 0.3) is 10.6 Å². The summed E-state index contributed by atoms with van der Waals surface area (Å²) in [5.74, 6) is 2.11. The Balaban J connectivity index is 1.53. The van der Waals surface area contributed by atoms with Crippen molar-refractivity contribution in [3.63, 3.8) is 0 Å². The first-order chi connectivity index (χ1) is 14.5. The maximum atomic E-state index is 12.5. The van der Waals surface area contributed by atoms with Gasteiger partial charge in [0.05, 0.1) is 25.2 Å². The molecule has 0 aliphatic rings. The summed E-state index contributed by atoms with van der Waals surface area (Å²) < 4.78 is 10.6. The Morgan fingerprint density at radius 1 is 1.13 bits per heavy atom. The Bertz CT molecular complexity index is 989. The number of hydrogen-bond donors (Lipinski definition) is 1. The Hall–Kier alpha value is -2.51. The highest BCUT2D eigenvalue weighted by Gasteiger charge is 2.16. The molecule has 1 aromatic heterocycles. The minimum absolute atomic E-state index is 0.0141. The highest BCUT2D eigenvalue weighted by atomic mass is 32.2. The second-order valence-electron chi connectivity index (χ2n) is 6.75. The van der Waals surface area contributed by atoms with Crippen molar-refractivity contribution < 1.29 is 14.3 Å². The van der Waals surface area contributed by atoms with Gasteiger partial charge in [-0.2, -0.15) is 0 Å². The van der Waals surface area contributed by atoms with Gasteiger partial charge in [0, 0.05) is 22.7 Å². The van der Waals surface area contributed by atoms with Crippen LogP contribution in [-0.2, 0) is 17.1 Å². The standard InChI is InChI=1S/C23H26N2O3S2/c1-15-21(30-23(25-15)18-8-6-5-7-9-18)14-29-16(2)22(26)24-13-17-10-11-19(27-3)20(12-17)28-4/h5-12,16H,13-14H2,1-4H3,(H,24,26). The Morgan fingerprint density at radius 3 is 2.57 bits per heavy atom. The number of nitrogens with zero attached hydrogens (tertiary/aromatic N) is 1. The number of nitrogens with one attached hydrogen (secondary N) is 1. The molecule has 1 heterocycles. The smallest absolute Gasteiger partial charge is 0.233 e. The lowest BCUT2D eigenvalue weighted by Gasteiger charge is -2.13. The van der Waals surface area contributed by atoms with Gasteiger partial charge >= 0.3 is 0 Å². The fourth-order valence-corrected chi connectivity index (χ4v) is 5.01. The molecule has 0 saturated heterocycles. The molecule has 1 N–H and O–H groups in total. The van der Waals surface area contributed by atoms with E-state index in [9.17, 15) is 4.79 Å². The predicted octanol–water partition coefficient (Wildman–Crippen LogP) is 5.07. The van der Waals surface area contributed by atoms with Crippen LogP contribution in [-0.4, -0.2) is 30.4 Å². The first kappa shape index (κ1) is 22.2. The van der Waals surface area contributed by atoms with Gasteiger partial charge in [0.2, 0.25) is 5.91 Å². The zero-order valence-electron chi connectivity index (χ0n) is 17.6. The molecule has 7 heteroatoms. The van der Waals surface area contributed by atoms with Gasteiger partial charge in [0.25, 0.3) is 0 Å². The van der Waals surface area contributed by atoms with Crippen molar-refractivity contribution in [3.05, 3.63) is 64.7 Å². The lowest BCUT2D eigenvalue weighted by atomic mass is 10.2. The van der Waals surface area contributed by atoms with Crippen LogP contribution < -0.4 is 14.8 Å². The van der Waals surface area contributed by atoms with Crippen LogP contribution in [0, 0.1) is 6.92 Å². The molecule has 30 heavy (non-hydrogen) atoms. The lowest BCUT2D eigenvalue weighted by molar-refractivity contribution is -0.120. The number of carbonyl (C=O) groups is 1. The van der Waals surface area contributed by atoms with E-state index in [0.29, 0.717) is 18.0 Å². The molecule has 5 nitrogen and oxygen atoms in total. The molecule has 0 aliphatic heterocycles. The monoisotopic (exact) mass is 442 g/mol. The SMILES string of the molecule is COc1ccc(CNC(=O)C(C)SCc2sc(-c3ccccc3)nc2C)cc1OC. The number of thioether (sulfide) groups is 1. The Morgan fingerprint density at radius 2 is 1.87 bits per heavy atom. The molecule has 0 aliphatic carbocycles. The number of methoxy groups -OCH3 is 2. The zero-order valence-corrected chi connectivity index (χ0v) is 19.2. The summed E-state index contributed by atoms with van der Waals surface area (Å²) in [6.45, 7) is 4.41. The van der Waals surface area contributed by atoms with Crippen LogP contribution >= 0.6 is 23.1 Å².